The van der Waals surface area contributed by atoms with Gasteiger partial charge in [0.15, 0.2) is 5.78 Å². The third-order valence-electron chi connectivity index (χ3n) is 2.10. The van der Waals surface area contributed by atoms with E-state index < -0.39 is 5.97 Å². The Morgan fingerprint density at radius 1 is 1.28 bits per heavy atom. The van der Waals surface area contributed by atoms with E-state index in [1.165, 1.54) is 19.1 Å². The summed E-state index contributed by atoms with van der Waals surface area (Å²) in [5.41, 5.74) is 1.44. The summed E-state index contributed by atoms with van der Waals surface area (Å²) >= 11 is 0. The summed E-state index contributed by atoms with van der Waals surface area (Å²) in [7, 11) is 0. The Kier molecular flexibility index (Phi) is 5.40. The molecule has 1 aromatic rings. The first-order valence-corrected chi connectivity index (χ1v) is 5.59. The van der Waals surface area contributed by atoms with Crippen LogP contribution in [0.2, 0.25) is 0 Å². The molecule has 0 aliphatic carbocycles. The first-order chi connectivity index (χ1) is 8.63. The maximum atomic E-state index is 11.1. The van der Waals surface area contributed by atoms with Gasteiger partial charge in [-0.15, -0.1) is 0 Å². The van der Waals surface area contributed by atoms with E-state index in [0.29, 0.717) is 12.2 Å². The van der Waals surface area contributed by atoms with Gasteiger partial charge in [-0.05, 0) is 32.1 Å². The number of carbonyl (C=O) groups is 2. The molecule has 0 saturated heterocycles. The summed E-state index contributed by atoms with van der Waals surface area (Å²) in [6.45, 7) is 3.61. The minimum absolute atomic E-state index is 0.0247. The van der Waals surface area contributed by atoms with Crippen molar-refractivity contribution in [2.24, 2.45) is 0 Å². The average molecular weight is 242 g/mol. The first-order valence-electron chi connectivity index (χ1n) is 5.59. The van der Waals surface area contributed by atoms with Crippen molar-refractivity contribution in [2.45, 2.75) is 13.8 Å². The van der Waals surface area contributed by atoms with Crippen molar-refractivity contribution >= 4 is 11.8 Å². The number of ketones is 1. The lowest BCUT2D eigenvalue weighted by molar-refractivity contribution is -0.137. The van der Waals surface area contributed by atoms with Crippen LogP contribution in [0.4, 0.5) is 0 Å². The number of carbonyl (C=O) groups excluding carboxylic acids is 2. The predicted octanol–water partition coefficient (Wildman–Crippen LogP) is 2.36. The number of Topliss-reactive ketones (excluding diaryl/α,β-unsaturated/α-hetero) is 1. The fraction of sp³-hybridized carbons (Fsp3) is 0.200. The predicted molar refractivity (Wildman–Crippen MR) is 69.1 cm³/mol. The molecule has 0 amide bonds. The molecule has 0 saturated carbocycles. The van der Waals surface area contributed by atoms with Crippen LogP contribution in [0, 0.1) is 11.8 Å². The highest BCUT2D eigenvalue weighted by atomic mass is 16.5. The zero-order valence-corrected chi connectivity index (χ0v) is 10.4. The Bertz CT molecular complexity index is 513. The van der Waals surface area contributed by atoms with Gasteiger partial charge < -0.3 is 4.74 Å². The van der Waals surface area contributed by atoms with E-state index in [2.05, 4.69) is 11.8 Å². The quantitative estimate of drug-likeness (QED) is 0.354. The highest BCUT2D eigenvalue weighted by molar-refractivity contribution is 5.94. The van der Waals surface area contributed by atoms with Crippen LogP contribution in [0.5, 0.6) is 0 Å². The van der Waals surface area contributed by atoms with E-state index in [-0.39, 0.29) is 5.78 Å². The maximum absolute atomic E-state index is 11.1. The molecule has 0 heterocycles. The van der Waals surface area contributed by atoms with Gasteiger partial charge in [-0.2, -0.15) is 0 Å². The van der Waals surface area contributed by atoms with Gasteiger partial charge in [0, 0.05) is 17.2 Å². The molecule has 0 radical (unpaired) electrons. The number of ether oxygens (including phenoxy) is 1. The van der Waals surface area contributed by atoms with Gasteiger partial charge in [0.05, 0.1) is 6.61 Å². The second-order valence-corrected chi connectivity index (χ2v) is 3.49. The Morgan fingerprint density at radius 3 is 2.50 bits per heavy atom. The maximum Gasteiger partial charge on any atom is 0.331 e. The molecule has 0 atom stereocenters. The van der Waals surface area contributed by atoms with Crippen molar-refractivity contribution in [1.29, 1.82) is 0 Å². The molecule has 1 aromatic carbocycles. The molecular formula is C15H14O3. The average Bonchev–Trinajstić information content (AvgIpc) is 2.35. The molecule has 3 heteroatoms. The van der Waals surface area contributed by atoms with Gasteiger partial charge in [-0.1, -0.05) is 24.0 Å². The number of benzene rings is 1. The molecule has 0 aromatic heterocycles. The summed E-state index contributed by atoms with van der Waals surface area (Å²) in [5.74, 6) is 5.20. The minimum Gasteiger partial charge on any atom is -0.463 e. The molecule has 92 valence electrons. The lowest BCUT2D eigenvalue weighted by Gasteiger charge is -1.94. The van der Waals surface area contributed by atoms with Gasteiger partial charge in [0.25, 0.3) is 0 Å². The highest BCUT2D eigenvalue weighted by Crippen LogP contribution is 2.03. The number of hydrogen-bond donors (Lipinski definition) is 0. The van der Waals surface area contributed by atoms with Crippen LogP contribution in [-0.4, -0.2) is 18.4 Å². The van der Waals surface area contributed by atoms with E-state index in [1.54, 1.807) is 31.2 Å². The van der Waals surface area contributed by atoms with Crippen molar-refractivity contribution in [3.8, 4) is 11.8 Å². The minimum atomic E-state index is -0.404. The van der Waals surface area contributed by atoms with Crippen molar-refractivity contribution < 1.29 is 14.3 Å². The van der Waals surface area contributed by atoms with E-state index in [1.807, 2.05) is 0 Å². The Labute approximate surface area is 106 Å². The zero-order valence-electron chi connectivity index (χ0n) is 10.4. The SMILES string of the molecule is CCOC(=O)/C=C/C#Cc1ccc(C(C)=O)cc1. The van der Waals surface area contributed by atoms with Crippen molar-refractivity contribution in [1.82, 2.24) is 0 Å². The molecule has 0 fully saturated rings. The molecule has 0 spiro atoms. The second kappa shape index (κ2) is 7.08. The van der Waals surface area contributed by atoms with Crippen LogP contribution >= 0.6 is 0 Å². The zero-order chi connectivity index (χ0) is 13.4. The van der Waals surface area contributed by atoms with Gasteiger partial charge in [-0.3, -0.25) is 4.79 Å². The normalized spacial score (nSPS) is 9.67. The van der Waals surface area contributed by atoms with Crippen molar-refractivity contribution in [3.63, 3.8) is 0 Å². The number of allylic oxidation sites excluding steroid dienone is 1. The molecule has 0 bridgehead atoms. The van der Waals surface area contributed by atoms with Crippen LogP contribution in [-0.2, 0) is 9.53 Å². The molecule has 18 heavy (non-hydrogen) atoms. The van der Waals surface area contributed by atoms with Crippen LogP contribution in [0.15, 0.2) is 36.4 Å². The van der Waals surface area contributed by atoms with Gasteiger partial charge in [0.2, 0.25) is 0 Å². The molecule has 1 rings (SSSR count). The first kappa shape index (κ1) is 13.7. The Hall–Kier alpha value is -2.34. The Morgan fingerprint density at radius 2 is 1.94 bits per heavy atom. The van der Waals surface area contributed by atoms with Gasteiger partial charge >= 0.3 is 5.97 Å². The number of esters is 1. The monoisotopic (exact) mass is 242 g/mol. The third-order valence-corrected chi connectivity index (χ3v) is 2.10. The standard InChI is InChI=1S/C15H14O3/c1-3-18-15(17)7-5-4-6-13-8-10-14(11-9-13)12(2)16/h5,7-11H,3H2,1-2H3/b7-5+. The van der Waals surface area contributed by atoms with Gasteiger partial charge in [0.1, 0.15) is 0 Å². The van der Waals surface area contributed by atoms with Crippen LogP contribution in [0.3, 0.4) is 0 Å². The van der Waals surface area contributed by atoms with E-state index in [9.17, 15) is 9.59 Å². The smallest absolute Gasteiger partial charge is 0.331 e. The topological polar surface area (TPSA) is 43.4 Å². The lowest BCUT2D eigenvalue weighted by atomic mass is 10.1. The molecule has 0 unspecified atom stereocenters. The van der Waals surface area contributed by atoms with E-state index in [0.717, 1.165) is 5.56 Å². The summed E-state index contributed by atoms with van der Waals surface area (Å²) < 4.78 is 4.71. The molecule has 0 N–H and O–H groups in total. The van der Waals surface area contributed by atoms with Gasteiger partial charge in [-0.25, -0.2) is 4.79 Å². The van der Waals surface area contributed by atoms with Crippen molar-refractivity contribution in [3.05, 3.63) is 47.5 Å². The van der Waals surface area contributed by atoms with E-state index in [4.69, 9.17) is 4.74 Å². The third kappa shape index (κ3) is 4.67. The summed E-state index contributed by atoms with van der Waals surface area (Å²) in [4.78, 5) is 22.0. The Balaban J connectivity index is 2.63. The van der Waals surface area contributed by atoms with Crippen molar-refractivity contribution in [2.75, 3.05) is 6.61 Å². The number of hydrogen-bond acceptors (Lipinski definition) is 3. The molecular weight excluding hydrogens is 228 g/mol. The fourth-order valence-electron chi connectivity index (χ4n) is 1.21. The fourth-order valence-corrected chi connectivity index (χ4v) is 1.21. The highest BCUT2D eigenvalue weighted by Gasteiger charge is 1.96. The number of rotatable bonds is 3. The van der Waals surface area contributed by atoms with Crippen LogP contribution in [0.25, 0.3) is 0 Å². The summed E-state index contributed by atoms with van der Waals surface area (Å²) in [6, 6.07) is 6.98. The van der Waals surface area contributed by atoms with Crippen LogP contribution < -0.4 is 0 Å². The second-order valence-electron chi connectivity index (χ2n) is 3.49. The molecule has 0 aliphatic heterocycles. The van der Waals surface area contributed by atoms with E-state index >= 15 is 0 Å². The summed E-state index contributed by atoms with van der Waals surface area (Å²) in [6.07, 6.45) is 2.72. The summed E-state index contributed by atoms with van der Waals surface area (Å²) in [5, 5.41) is 0. The molecule has 0 aliphatic rings. The largest absolute Gasteiger partial charge is 0.463 e. The van der Waals surface area contributed by atoms with Crippen LogP contribution in [0.1, 0.15) is 29.8 Å². The molecule has 3 nitrogen and oxygen atoms in total. The lowest BCUT2D eigenvalue weighted by Crippen LogP contribution is -1.98.